The smallest absolute Gasteiger partial charge is 0.251 e. The van der Waals surface area contributed by atoms with Gasteiger partial charge in [-0.3, -0.25) is 9.69 Å². The van der Waals surface area contributed by atoms with Crippen molar-refractivity contribution in [1.29, 1.82) is 5.26 Å². The molecule has 0 aromatic heterocycles. The molecule has 3 heteroatoms. The van der Waals surface area contributed by atoms with Gasteiger partial charge in [-0.25, -0.2) is 0 Å². The van der Waals surface area contributed by atoms with Crippen LogP contribution >= 0.6 is 0 Å². The fourth-order valence-corrected chi connectivity index (χ4v) is 1.87. The molecule has 1 heterocycles. The Balaban J connectivity index is 2.43. The number of nitrogens with zero attached hydrogens (tertiary/aromatic N) is 2. The van der Waals surface area contributed by atoms with Gasteiger partial charge in [0, 0.05) is 6.20 Å². The summed E-state index contributed by atoms with van der Waals surface area (Å²) < 4.78 is 0. The predicted molar refractivity (Wildman–Crippen MR) is 65.5 cm³/mol. The van der Waals surface area contributed by atoms with E-state index in [4.69, 9.17) is 0 Å². The lowest BCUT2D eigenvalue weighted by Crippen LogP contribution is -2.30. The Labute approximate surface area is 100 Å². The Kier molecular flexibility index (Phi) is 3.06. The summed E-state index contributed by atoms with van der Waals surface area (Å²) in [5, 5.41) is 9.22. The standard InChI is InChI=1S/C14H12N2O/c1-2-5-14(17)16-9-8-11-6-3-4-7-12(11)13(16)10-15/h2-9,13H,1H3/b5-2+/t13-/m0/s1. The van der Waals surface area contributed by atoms with Crippen LogP contribution in [0.1, 0.15) is 24.1 Å². The first kappa shape index (κ1) is 11.2. The van der Waals surface area contributed by atoms with Crippen LogP contribution in [0.4, 0.5) is 0 Å². The van der Waals surface area contributed by atoms with Gasteiger partial charge < -0.3 is 0 Å². The molecular formula is C14H12N2O. The molecule has 0 saturated carbocycles. The van der Waals surface area contributed by atoms with Crippen molar-refractivity contribution in [2.24, 2.45) is 0 Å². The maximum Gasteiger partial charge on any atom is 0.251 e. The van der Waals surface area contributed by atoms with Crippen LogP contribution < -0.4 is 0 Å². The van der Waals surface area contributed by atoms with Crippen molar-refractivity contribution in [2.75, 3.05) is 0 Å². The van der Waals surface area contributed by atoms with E-state index < -0.39 is 6.04 Å². The summed E-state index contributed by atoms with van der Waals surface area (Å²) in [6.45, 7) is 1.78. The Morgan fingerprint density at radius 2 is 2.24 bits per heavy atom. The number of rotatable bonds is 1. The van der Waals surface area contributed by atoms with Crippen molar-refractivity contribution < 1.29 is 4.79 Å². The number of hydrogen-bond donors (Lipinski definition) is 0. The van der Waals surface area contributed by atoms with E-state index in [0.29, 0.717) is 0 Å². The number of hydrogen-bond acceptors (Lipinski definition) is 2. The minimum absolute atomic E-state index is 0.176. The monoisotopic (exact) mass is 224 g/mol. The second kappa shape index (κ2) is 4.67. The van der Waals surface area contributed by atoms with Crippen LogP contribution in [0, 0.1) is 11.3 Å². The Morgan fingerprint density at radius 3 is 2.94 bits per heavy atom. The minimum Gasteiger partial charge on any atom is -0.295 e. The predicted octanol–water partition coefficient (Wildman–Crippen LogP) is 2.64. The first-order chi connectivity index (χ1) is 8.27. The number of carbonyl (C=O) groups is 1. The highest BCUT2D eigenvalue weighted by atomic mass is 16.2. The highest BCUT2D eigenvalue weighted by molar-refractivity contribution is 5.90. The zero-order chi connectivity index (χ0) is 12.3. The maximum absolute atomic E-state index is 11.8. The van der Waals surface area contributed by atoms with Crippen LogP contribution in [0.15, 0.2) is 42.6 Å². The van der Waals surface area contributed by atoms with E-state index in [1.165, 1.54) is 11.0 Å². The number of carbonyl (C=O) groups excluding carboxylic acids is 1. The summed E-state index contributed by atoms with van der Waals surface area (Å²) in [7, 11) is 0. The molecule has 0 fully saturated rings. The third-order valence-electron chi connectivity index (χ3n) is 2.67. The molecule has 0 saturated heterocycles. The van der Waals surface area contributed by atoms with Gasteiger partial charge in [0.05, 0.1) is 6.07 Å². The second-order valence-electron chi connectivity index (χ2n) is 3.72. The maximum atomic E-state index is 11.8. The molecular weight excluding hydrogens is 212 g/mol. The highest BCUT2D eigenvalue weighted by Crippen LogP contribution is 2.29. The molecule has 0 unspecified atom stereocenters. The van der Waals surface area contributed by atoms with E-state index in [9.17, 15) is 10.1 Å². The van der Waals surface area contributed by atoms with Crippen LogP contribution in [0.2, 0.25) is 0 Å². The molecule has 0 radical (unpaired) electrons. The molecule has 1 aliphatic heterocycles. The summed E-state index contributed by atoms with van der Waals surface area (Å²) in [6.07, 6.45) is 6.65. The summed E-state index contributed by atoms with van der Waals surface area (Å²) in [4.78, 5) is 13.3. The van der Waals surface area contributed by atoms with Crippen molar-refractivity contribution in [3.05, 3.63) is 53.7 Å². The fraction of sp³-hybridized carbons (Fsp3) is 0.143. The summed E-state index contributed by atoms with van der Waals surface area (Å²) >= 11 is 0. The first-order valence-electron chi connectivity index (χ1n) is 5.39. The average Bonchev–Trinajstić information content (AvgIpc) is 2.37. The Bertz CT molecular complexity index is 537. The third-order valence-corrected chi connectivity index (χ3v) is 2.67. The molecule has 0 bridgehead atoms. The van der Waals surface area contributed by atoms with Crippen molar-refractivity contribution >= 4 is 12.0 Å². The van der Waals surface area contributed by atoms with Gasteiger partial charge in [-0.2, -0.15) is 5.26 Å². The molecule has 1 aromatic rings. The molecule has 2 rings (SSSR count). The van der Waals surface area contributed by atoms with Gasteiger partial charge in [0.2, 0.25) is 0 Å². The highest BCUT2D eigenvalue weighted by Gasteiger charge is 2.26. The lowest BCUT2D eigenvalue weighted by Gasteiger charge is -2.27. The molecule has 84 valence electrons. The fourth-order valence-electron chi connectivity index (χ4n) is 1.87. The molecule has 1 aliphatic rings. The average molecular weight is 224 g/mol. The van der Waals surface area contributed by atoms with E-state index >= 15 is 0 Å². The number of benzene rings is 1. The van der Waals surface area contributed by atoms with Crippen molar-refractivity contribution in [2.45, 2.75) is 13.0 Å². The van der Waals surface area contributed by atoms with E-state index in [0.717, 1.165) is 11.1 Å². The lowest BCUT2D eigenvalue weighted by atomic mass is 9.97. The van der Waals surface area contributed by atoms with Gasteiger partial charge in [0.1, 0.15) is 6.04 Å². The van der Waals surface area contributed by atoms with Crippen molar-refractivity contribution in [1.82, 2.24) is 4.90 Å². The first-order valence-corrected chi connectivity index (χ1v) is 5.39. The normalized spacial score (nSPS) is 17.9. The molecule has 0 N–H and O–H groups in total. The molecule has 0 aliphatic carbocycles. The Morgan fingerprint density at radius 1 is 1.47 bits per heavy atom. The van der Waals surface area contributed by atoms with Gasteiger partial charge in [0.15, 0.2) is 0 Å². The molecule has 3 nitrogen and oxygen atoms in total. The van der Waals surface area contributed by atoms with Gasteiger partial charge in [0.25, 0.3) is 5.91 Å². The van der Waals surface area contributed by atoms with E-state index in [2.05, 4.69) is 6.07 Å². The van der Waals surface area contributed by atoms with Gasteiger partial charge >= 0.3 is 0 Å². The number of allylic oxidation sites excluding steroid dienone is 1. The molecule has 1 amide bonds. The van der Waals surface area contributed by atoms with Gasteiger partial charge in [-0.15, -0.1) is 0 Å². The number of amides is 1. The van der Waals surface area contributed by atoms with Crippen LogP contribution in [0.5, 0.6) is 0 Å². The third kappa shape index (κ3) is 1.98. The largest absolute Gasteiger partial charge is 0.295 e. The SMILES string of the molecule is C/C=C/C(=O)N1C=Cc2ccccc2[C@@H]1C#N. The van der Waals surface area contributed by atoms with Crippen LogP contribution in [-0.4, -0.2) is 10.8 Å². The summed E-state index contributed by atoms with van der Waals surface area (Å²) in [5.74, 6) is -0.176. The van der Waals surface area contributed by atoms with E-state index in [-0.39, 0.29) is 5.91 Å². The summed E-state index contributed by atoms with van der Waals surface area (Å²) in [5.41, 5.74) is 1.86. The van der Waals surface area contributed by atoms with E-state index in [1.807, 2.05) is 30.3 Å². The zero-order valence-corrected chi connectivity index (χ0v) is 9.50. The van der Waals surface area contributed by atoms with Crippen molar-refractivity contribution in [3.8, 4) is 6.07 Å². The number of nitriles is 1. The molecule has 0 spiro atoms. The molecule has 17 heavy (non-hydrogen) atoms. The quantitative estimate of drug-likeness (QED) is 0.688. The lowest BCUT2D eigenvalue weighted by molar-refractivity contribution is -0.124. The van der Waals surface area contributed by atoms with Crippen LogP contribution in [-0.2, 0) is 4.79 Å². The van der Waals surface area contributed by atoms with Gasteiger partial charge in [-0.05, 0) is 30.2 Å². The number of fused-ring (bicyclic) bond motifs is 1. The van der Waals surface area contributed by atoms with Crippen LogP contribution in [0.3, 0.4) is 0 Å². The molecule has 1 aromatic carbocycles. The minimum atomic E-state index is -0.542. The van der Waals surface area contributed by atoms with E-state index in [1.54, 1.807) is 19.2 Å². The van der Waals surface area contributed by atoms with Crippen molar-refractivity contribution in [3.63, 3.8) is 0 Å². The molecule has 1 atom stereocenters. The summed E-state index contributed by atoms with van der Waals surface area (Å²) in [6, 6.07) is 9.24. The second-order valence-corrected chi connectivity index (χ2v) is 3.72. The topological polar surface area (TPSA) is 44.1 Å². The zero-order valence-electron chi connectivity index (χ0n) is 9.50. The Hall–Kier alpha value is -2.34. The van der Waals surface area contributed by atoms with Crippen LogP contribution in [0.25, 0.3) is 6.08 Å². The van der Waals surface area contributed by atoms with Gasteiger partial charge in [-0.1, -0.05) is 30.3 Å².